The lowest BCUT2D eigenvalue weighted by Crippen LogP contribution is -1.97. The number of hydrogen-bond donors (Lipinski definition) is 1. The molecule has 0 atom stereocenters. The molecule has 16 heavy (non-hydrogen) atoms. The van der Waals surface area contributed by atoms with E-state index in [0.29, 0.717) is 6.54 Å². The highest BCUT2D eigenvalue weighted by atomic mass is 16.5. The Labute approximate surface area is 94.6 Å². The van der Waals surface area contributed by atoms with Crippen molar-refractivity contribution in [1.29, 1.82) is 0 Å². The van der Waals surface area contributed by atoms with Crippen molar-refractivity contribution in [3.63, 3.8) is 0 Å². The number of nitrogens with two attached hydrogens (primary N) is 1. The molecule has 4 nitrogen and oxygen atoms in total. The van der Waals surface area contributed by atoms with Gasteiger partial charge in [-0.25, -0.2) is 0 Å². The first-order valence-electron chi connectivity index (χ1n) is 5.15. The molecule has 84 valence electrons. The molecule has 0 unspecified atom stereocenters. The van der Waals surface area contributed by atoms with Crippen LogP contribution in [0.2, 0.25) is 0 Å². The van der Waals surface area contributed by atoms with Crippen molar-refractivity contribution >= 4 is 0 Å². The SMILES string of the molecule is Cc1ccc(CN)cc1Oc1cnn(C)c1. The Morgan fingerprint density at radius 1 is 1.44 bits per heavy atom. The van der Waals surface area contributed by atoms with Crippen molar-refractivity contribution in [2.75, 3.05) is 0 Å². The minimum Gasteiger partial charge on any atom is -0.454 e. The zero-order valence-corrected chi connectivity index (χ0v) is 9.47. The van der Waals surface area contributed by atoms with E-state index in [-0.39, 0.29) is 0 Å². The molecule has 0 saturated heterocycles. The van der Waals surface area contributed by atoms with Crippen LogP contribution in [0, 0.1) is 6.92 Å². The van der Waals surface area contributed by atoms with Crippen LogP contribution in [0.3, 0.4) is 0 Å². The summed E-state index contributed by atoms with van der Waals surface area (Å²) in [5.74, 6) is 1.57. The molecule has 0 fully saturated rings. The number of hydrogen-bond acceptors (Lipinski definition) is 3. The van der Waals surface area contributed by atoms with Crippen molar-refractivity contribution in [2.24, 2.45) is 12.8 Å². The molecule has 2 rings (SSSR count). The van der Waals surface area contributed by atoms with Crippen LogP contribution in [-0.4, -0.2) is 9.78 Å². The Morgan fingerprint density at radius 2 is 2.25 bits per heavy atom. The van der Waals surface area contributed by atoms with E-state index in [0.717, 1.165) is 22.6 Å². The maximum absolute atomic E-state index is 5.73. The molecular formula is C12H15N3O. The van der Waals surface area contributed by atoms with Gasteiger partial charge in [-0.2, -0.15) is 5.10 Å². The molecule has 2 N–H and O–H groups in total. The maximum Gasteiger partial charge on any atom is 0.165 e. The second kappa shape index (κ2) is 4.37. The summed E-state index contributed by atoms with van der Waals surface area (Å²) < 4.78 is 7.44. The molecule has 0 bridgehead atoms. The standard InChI is InChI=1S/C12H15N3O/c1-9-3-4-10(6-13)5-12(9)16-11-7-14-15(2)8-11/h3-5,7-8H,6,13H2,1-2H3. The molecule has 1 heterocycles. The van der Waals surface area contributed by atoms with Crippen LogP contribution in [0.15, 0.2) is 30.6 Å². The molecule has 1 aromatic carbocycles. The third kappa shape index (κ3) is 2.23. The zero-order valence-electron chi connectivity index (χ0n) is 9.47. The van der Waals surface area contributed by atoms with Gasteiger partial charge in [-0.15, -0.1) is 0 Å². The predicted octanol–water partition coefficient (Wildman–Crippen LogP) is 1.98. The Morgan fingerprint density at radius 3 is 2.88 bits per heavy atom. The fourth-order valence-corrected chi connectivity index (χ4v) is 1.46. The van der Waals surface area contributed by atoms with Crippen molar-refractivity contribution in [3.8, 4) is 11.5 Å². The van der Waals surface area contributed by atoms with Crippen LogP contribution < -0.4 is 10.5 Å². The smallest absolute Gasteiger partial charge is 0.165 e. The Kier molecular flexibility index (Phi) is 2.92. The van der Waals surface area contributed by atoms with Gasteiger partial charge in [0.25, 0.3) is 0 Å². The highest BCUT2D eigenvalue weighted by Crippen LogP contribution is 2.25. The zero-order chi connectivity index (χ0) is 11.5. The van der Waals surface area contributed by atoms with Gasteiger partial charge < -0.3 is 10.5 Å². The van der Waals surface area contributed by atoms with E-state index in [4.69, 9.17) is 10.5 Å². The first-order chi connectivity index (χ1) is 7.69. The number of benzene rings is 1. The third-order valence-electron chi connectivity index (χ3n) is 2.40. The van der Waals surface area contributed by atoms with Gasteiger partial charge >= 0.3 is 0 Å². The number of rotatable bonds is 3. The average Bonchev–Trinajstić information content (AvgIpc) is 2.67. The maximum atomic E-state index is 5.73. The van der Waals surface area contributed by atoms with Crippen LogP contribution in [0.1, 0.15) is 11.1 Å². The monoisotopic (exact) mass is 217 g/mol. The summed E-state index contributed by atoms with van der Waals surface area (Å²) in [6, 6.07) is 5.97. The Hall–Kier alpha value is -1.81. The lowest BCUT2D eigenvalue weighted by Gasteiger charge is -2.08. The first-order valence-corrected chi connectivity index (χ1v) is 5.15. The number of ether oxygens (including phenoxy) is 1. The van der Waals surface area contributed by atoms with Gasteiger partial charge in [0.2, 0.25) is 0 Å². The predicted molar refractivity (Wildman–Crippen MR) is 62.4 cm³/mol. The number of aromatic nitrogens is 2. The summed E-state index contributed by atoms with van der Waals surface area (Å²) in [6.45, 7) is 2.52. The molecular weight excluding hydrogens is 202 g/mol. The molecule has 0 aliphatic rings. The lowest BCUT2D eigenvalue weighted by atomic mass is 10.1. The van der Waals surface area contributed by atoms with Crippen molar-refractivity contribution in [2.45, 2.75) is 13.5 Å². The van der Waals surface area contributed by atoms with Crippen molar-refractivity contribution < 1.29 is 4.74 Å². The minimum atomic E-state index is 0.518. The first kappa shape index (κ1) is 10.7. The van der Waals surface area contributed by atoms with E-state index in [1.54, 1.807) is 10.9 Å². The molecule has 0 aliphatic heterocycles. The fraction of sp³-hybridized carbons (Fsp3) is 0.250. The number of aryl methyl sites for hydroxylation is 2. The van der Waals surface area contributed by atoms with E-state index < -0.39 is 0 Å². The molecule has 2 aromatic rings. The second-order valence-electron chi connectivity index (χ2n) is 3.76. The van der Waals surface area contributed by atoms with Crippen molar-refractivity contribution in [1.82, 2.24) is 9.78 Å². The summed E-state index contributed by atoms with van der Waals surface area (Å²) in [5, 5.41) is 4.05. The molecule has 4 heteroatoms. The molecule has 0 saturated carbocycles. The summed E-state index contributed by atoms with van der Waals surface area (Å²) in [4.78, 5) is 0. The lowest BCUT2D eigenvalue weighted by molar-refractivity contribution is 0.477. The van der Waals surface area contributed by atoms with Crippen LogP contribution in [0.5, 0.6) is 11.5 Å². The molecule has 0 aliphatic carbocycles. The van der Waals surface area contributed by atoms with Gasteiger partial charge in [-0.1, -0.05) is 12.1 Å². The second-order valence-corrected chi connectivity index (χ2v) is 3.76. The number of nitrogens with zero attached hydrogens (tertiary/aromatic N) is 2. The van der Waals surface area contributed by atoms with E-state index in [1.807, 2.05) is 38.4 Å². The molecule has 0 radical (unpaired) electrons. The van der Waals surface area contributed by atoms with Gasteiger partial charge in [0.05, 0.1) is 12.4 Å². The van der Waals surface area contributed by atoms with Gasteiger partial charge in [0, 0.05) is 13.6 Å². The van der Waals surface area contributed by atoms with Gasteiger partial charge in [-0.05, 0) is 24.1 Å². The van der Waals surface area contributed by atoms with Crippen LogP contribution in [-0.2, 0) is 13.6 Å². The van der Waals surface area contributed by atoms with Gasteiger partial charge in [0.15, 0.2) is 5.75 Å². The summed E-state index contributed by atoms with van der Waals surface area (Å²) in [6.07, 6.45) is 3.52. The van der Waals surface area contributed by atoms with E-state index in [2.05, 4.69) is 5.10 Å². The fourth-order valence-electron chi connectivity index (χ4n) is 1.46. The topological polar surface area (TPSA) is 53.1 Å². The molecule has 1 aromatic heterocycles. The third-order valence-corrected chi connectivity index (χ3v) is 2.40. The normalized spacial score (nSPS) is 10.4. The van der Waals surface area contributed by atoms with E-state index in [9.17, 15) is 0 Å². The van der Waals surface area contributed by atoms with Crippen molar-refractivity contribution in [3.05, 3.63) is 41.7 Å². The van der Waals surface area contributed by atoms with Gasteiger partial charge in [0.1, 0.15) is 5.75 Å². The highest BCUT2D eigenvalue weighted by Gasteiger charge is 2.04. The van der Waals surface area contributed by atoms with E-state index >= 15 is 0 Å². The molecule has 0 amide bonds. The van der Waals surface area contributed by atoms with Crippen LogP contribution >= 0.6 is 0 Å². The minimum absolute atomic E-state index is 0.518. The molecule has 0 spiro atoms. The summed E-state index contributed by atoms with van der Waals surface area (Å²) >= 11 is 0. The Balaban J connectivity index is 2.26. The highest BCUT2D eigenvalue weighted by molar-refractivity contribution is 5.39. The van der Waals surface area contributed by atoms with E-state index in [1.165, 1.54) is 0 Å². The van der Waals surface area contributed by atoms with Crippen LogP contribution in [0.25, 0.3) is 0 Å². The average molecular weight is 217 g/mol. The van der Waals surface area contributed by atoms with Crippen LogP contribution in [0.4, 0.5) is 0 Å². The summed E-state index contributed by atoms with van der Waals surface area (Å²) in [7, 11) is 1.86. The quantitative estimate of drug-likeness (QED) is 0.855. The summed E-state index contributed by atoms with van der Waals surface area (Å²) in [5.41, 5.74) is 7.74. The van der Waals surface area contributed by atoms with Gasteiger partial charge in [-0.3, -0.25) is 4.68 Å². The largest absolute Gasteiger partial charge is 0.454 e. The Bertz CT molecular complexity index is 491.